The van der Waals surface area contributed by atoms with Crippen molar-refractivity contribution >= 4 is 23.3 Å². The second-order valence-electron chi connectivity index (χ2n) is 2.55. The molecule has 78 valence electrons. The number of carbonyl (C=O) groups is 1. The van der Waals surface area contributed by atoms with Crippen molar-refractivity contribution in [3.63, 3.8) is 0 Å². The molecule has 0 aromatic carbocycles. The summed E-state index contributed by atoms with van der Waals surface area (Å²) in [5.41, 5.74) is 0.825. The van der Waals surface area contributed by atoms with Crippen molar-refractivity contribution in [3.05, 3.63) is 23.8 Å². The zero-order valence-corrected chi connectivity index (χ0v) is 9.48. The van der Waals surface area contributed by atoms with Crippen molar-refractivity contribution in [3.8, 4) is 0 Å². The highest BCUT2D eigenvalue weighted by Gasteiger charge is 2.04. The van der Waals surface area contributed by atoms with Crippen molar-refractivity contribution in [2.24, 2.45) is 0 Å². The van der Waals surface area contributed by atoms with Crippen LogP contribution in [0.25, 0.3) is 0 Å². The number of carbonyl (C=O) groups excluding carboxylic acids is 1. The summed E-state index contributed by atoms with van der Waals surface area (Å²) < 4.78 is 4.68. The third kappa shape index (κ3) is 5.48. The predicted molar refractivity (Wildman–Crippen MR) is 61.3 cm³/mol. The van der Waals surface area contributed by atoms with E-state index in [0.29, 0.717) is 11.6 Å². The third-order valence-corrected chi connectivity index (χ3v) is 1.81. The van der Waals surface area contributed by atoms with Crippen LogP contribution in [0, 0.1) is 0 Å². The van der Waals surface area contributed by atoms with E-state index in [0.717, 1.165) is 5.57 Å². The molecule has 0 rings (SSSR count). The van der Waals surface area contributed by atoms with Crippen LogP contribution in [-0.4, -0.2) is 17.7 Å². The summed E-state index contributed by atoms with van der Waals surface area (Å²) >= 11 is 4.97. The Morgan fingerprint density at radius 3 is 2.71 bits per heavy atom. The Kier molecular flexibility index (Phi) is 6.66. The van der Waals surface area contributed by atoms with Gasteiger partial charge in [-0.25, -0.2) is 4.79 Å². The van der Waals surface area contributed by atoms with Gasteiger partial charge in [0.05, 0.1) is 6.61 Å². The van der Waals surface area contributed by atoms with Gasteiger partial charge in [-0.3, -0.25) is 5.32 Å². The molecule has 3 nitrogen and oxygen atoms in total. The molecule has 0 radical (unpaired) electrons. The van der Waals surface area contributed by atoms with Crippen molar-refractivity contribution in [2.45, 2.75) is 20.8 Å². The molecule has 0 unspecified atom stereocenters. The van der Waals surface area contributed by atoms with Gasteiger partial charge in [-0.05, 0) is 26.3 Å². The molecule has 0 heterocycles. The average Bonchev–Trinajstić information content (AvgIpc) is 2.14. The summed E-state index contributed by atoms with van der Waals surface area (Å²) in [7, 11) is 0. The molecule has 0 saturated carbocycles. The van der Waals surface area contributed by atoms with Crippen LogP contribution in [0.5, 0.6) is 0 Å². The summed E-state index contributed by atoms with van der Waals surface area (Å²) in [6.07, 6.45) is 5.06. The van der Waals surface area contributed by atoms with Gasteiger partial charge < -0.3 is 4.74 Å². The van der Waals surface area contributed by atoms with Crippen LogP contribution >= 0.6 is 12.2 Å². The van der Waals surface area contributed by atoms with Gasteiger partial charge in [0.1, 0.15) is 4.99 Å². The monoisotopic (exact) mass is 213 g/mol. The van der Waals surface area contributed by atoms with E-state index < -0.39 is 6.09 Å². The molecule has 0 aromatic rings. The molecule has 0 bridgehead atoms. The van der Waals surface area contributed by atoms with Gasteiger partial charge in [0, 0.05) is 0 Å². The van der Waals surface area contributed by atoms with E-state index in [9.17, 15) is 4.79 Å². The summed E-state index contributed by atoms with van der Waals surface area (Å²) in [5.74, 6) is 0. The fourth-order valence-corrected chi connectivity index (χ4v) is 0.826. The zero-order valence-electron chi connectivity index (χ0n) is 8.66. The van der Waals surface area contributed by atoms with Crippen molar-refractivity contribution in [2.75, 3.05) is 6.61 Å². The summed E-state index contributed by atoms with van der Waals surface area (Å²) in [6.45, 7) is 5.82. The highest BCUT2D eigenvalue weighted by Crippen LogP contribution is 1.96. The minimum atomic E-state index is -0.509. The van der Waals surface area contributed by atoms with Crippen LogP contribution in [0.2, 0.25) is 0 Å². The van der Waals surface area contributed by atoms with Crippen LogP contribution < -0.4 is 5.32 Å². The Morgan fingerprint density at radius 1 is 1.57 bits per heavy atom. The minimum Gasteiger partial charge on any atom is -0.450 e. The van der Waals surface area contributed by atoms with Gasteiger partial charge in [0.15, 0.2) is 0 Å². The van der Waals surface area contributed by atoms with Crippen molar-refractivity contribution < 1.29 is 9.53 Å². The number of rotatable bonds is 3. The Hall–Kier alpha value is -1.16. The minimum absolute atomic E-state index is 0.339. The largest absolute Gasteiger partial charge is 0.450 e. The maximum absolute atomic E-state index is 11.0. The quantitative estimate of drug-likeness (QED) is 0.445. The van der Waals surface area contributed by atoms with Crippen LogP contribution in [0.15, 0.2) is 23.8 Å². The Bertz CT molecular complexity index is 269. The lowest BCUT2D eigenvalue weighted by Gasteiger charge is -2.05. The molecular weight excluding hydrogens is 198 g/mol. The van der Waals surface area contributed by atoms with Gasteiger partial charge in [0.25, 0.3) is 0 Å². The first kappa shape index (κ1) is 12.8. The summed E-state index contributed by atoms with van der Waals surface area (Å²) in [4.78, 5) is 11.4. The topological polar surface area (TPSA) is 38.3 Å². The molecule has 0 atom stereocenters. The van der Waals surface area contributed by atoms with Crippen LogP contribution in [0.1, 0.15) is 20.8 Å². The van der Waals surface area contributed by atoms with E-state index in [1.807, 2.05) is 32.1 Å². The Labute approximate surface area is 89.8 Å². The van der Waals surface area contributed by atoms with E-state index in [1.54, 1.807) is 6.92 Å². The smallest absolute Gasteiger partial charge is 0.412 e. The number of ether oxygens (including phenoxy) is 1. The lowest BCUT2D eigenvalue weighted by molar-refractivity contribution is 0.158. The lowest BCUT2D eigenvalue weighted by Crippen LogP contribution is -2.30. The number of alkyl carbamates (subject to hydrolysis) is 1. The van der Waals surface area contributed by atoms with E-state index in [1.165, 1.54) is 0 Å². The van der Waals surface area contributed by atoms with Crippen LogP contribution in [0.3, 0.4) is 0 Å². The highest BCUT2D eigenvalue weighted by molar-refractivity contribution is 7.80. The number of nitrogens with one attached hydrogen (secondary N) is 1. The molecule has 1 N–H and O–H groups in total. The molecule has 0 aliphatic heterocycles. The molecule has 4 heteroatoms. The first-order chi connectivity index (χ1) is 6.61. The van der Waals surface area contributed by atoms with E-state index >= 15 is 0 Å². The molecule has 0 saturated heterocycles. The Morgan fingerprint density at radius 2 is 2.21 bits per heavy atom. The van der Waals surface area contributed by atoms with E-state index in [-0.39, 0.29) is 0 Å². The summed E-state index contributed by atoms with van der Waals surface area (Å²) in [5, 5.41) is 2.46. The average molecular weight is 213 g/mol. The van der Waals surface area contributed by atoms with Gasteiger partial charge in [-0.2, -0.15) is 0 Å². The fraction of sp³-hybridized carbons (Fsp3) is 0.400. The number of hydrogen-bond acceptors (Lipinski definition) is 3. The number of amides is 1. The lowest BCUT2D eigenvalue weighted by atomic mass is 10.2. The molecule has 14 heavy (non-hydrogen) atoms. The Balaban J connectivity index is 4.14. The fourth-order valence-electron chi connectivity index (χ4n) is 0.675. The highest BCUT2D eigenvalue weighted by atomic mass is 32.1. The first-order valence-electron chi connectivity index (χ1n) is 4.39. The number of allylic oxidation sites excluding steroid dienone is 3. The second-order valence-corrected chi connectivity index (χ2v) is 2.96. The number of thiocarbonyl (C=S) groups is 1. The molecule has 0 fully saturated rings. The maximum Gasteiger partial charge on any atom is 0.412 e. The summed E-state index contributed by atoms with van der Waals surface area (Å²) in [6, 6.07) is 0. The normalized spacial score (nSPS) is 11.5. The third-order valence-electron chi connectivity index (χ3n) is 1.39. The molecule has 0 spiro atoms. The van der Waals surface area contributed by atoms with Gasteiger partial charge in [0.2, 0.25) is 0 Å². The molecule has 0 aliphatic rings. The van der Waals surface area contributed by atoms with Crippen LogP contribution in [0.4, 0.5) is 4.79 Å². The molecule has 0 aliphatic carbocycles. The van der Waals surface area contributed by atoms with E-state index in [2.05, 4.69) is 10.1 Å². The maximum atomic E-state index is 11.0. The number of hydrogen-bond donors (Lipinski definition) is 1. The van der Waals surface area contributed by atoms with Gasteiger partial charge in [-0.1, -0.05) is 30.4 Å². The second kappa shape index (κ2) is 7.26. The molecule has 1 amide bonds. The van der Waals surface area contributed by atoms with Gasteiger partial charge in [-0.15, -0.1) is 0 Å². The SMILES string of the molecule is C/C=C\C=C(/C)C(=S)NC(=O)OCC. The van der Waals surface area contributed by atoms with Crippen LogP contribution in [-0.2, 0) is 4.74 Å². The van der Waals surface area contributed by atoms with Crippen molar-refractivity contribution in [1.82, 2.24) is 5.32 Å². The predicted octanol–water partition coefficient (Wildman–Crippen LogP) is 2.58. The first-order valence-corrected chi connectivity index (χ1v) is 4.80. The molecular formula is C10H15NO2S. The zero-order chi connectivity index (χ0) is 11.0. The molecule has 0 aromatic heterocycles. The van der Waals surface area contributed by atoms with Gasteiger partial charge >= 0.3 is 6.09 Å². The van der Waals surface area contributed by atoms with Crippen molar-refractivity contribution in [1.29, 1.82) is 0 Å². The van der Waals surface area contributed by atoms with E-state index in [4.69, 9.17) is 12.2 Å². The standard InChI is InChI=1S/C10H15NO2S/c1-4-6-7-8(3)9(14)11-10(12)13-5-2/h4,6-7H,5H2,1-3H3,(H,11,12,14)/b6-4-,8-7+.